The summed E-state index contributed by atoms with van der Waals surface area (Å²) in [6, 6.07) is 8.29. The predicted molar refractivity (Wildman–Crippen MR) is 122 cm³/mol. The lowest BCUT2D eigenvalue weighted by Gasteiger charge is -2.33. The highest BCUT2D eigenvalue weighted by Crippen LogP contribution is 2.43. The molecule has 7 nitrogen and oxygen atoms in total. The molecule has 1 saturated carbocycles. The molecule has 0 radical (unpaired) electrons. The van der Waals surface area contributed by atoms with E-state index in [4.69, 9.17) is 14.0 Å². The van der Waals surface area contributed by atoms with Gasteiger partial charge in [0.25, 0.3) is 0 Å². The van der Waals surface area contributed by atoms with Gasteiger partial charge in [-0.3, -0.25) is 4.99 Å². The fourth-order valence-corrected chi connectivity index (χ4v) is 4.26. The second-order valence-electron chi connectivity index (χ2n) is 7.59. The number of halogens is 1. The van der Waals surface area contributed by atoms with E-state index in [2.05, 4.69) is 38.6 Å². The van der Waals surface area contributed by atoms with Gasteiger partial charge < -0.3 is 24.2 Å². The maximum absolute atomic E-state index is 5.82. The molecule has 0 unspecified atom stereocenters. The number of aliphatic imine (C=N–C) groups is 1. The van der Waals surface area contributed by atoms with E-state index in [1.807, 2.05) is 20.2 Å². The molecule has 1 aliphatic heterocycles. The first-order valence-electron chi connectivity index (χ1n) is 9.91. The van der Waals surface area contributed by atoms with Crippen LogP contribution in [-0.4, -0.2) is 49.9 Å². The fourth-order valence-electron chi connectivity index (χ4n) is 4.26. The largest absolute Gasteiger partial charge is 0.486 e. The molecule has 4 rings (SSSR count). The highest BCUT2D eigenvalue weighted by Gasteiger charge is 2.36. The molecule has 0 atom stereocenters. The molecule has 8 heteroatoms. The van der Waals surface area contributed by atoms with E-state index in [0.29, 0.717) is 19.8 Å². The van der Waals surface area contributed by atoms with Gasteiger partial charge in [-0.2, -0.15) is 0 Å². The summed E-state index contributed by atoms with van der Waals surface area (Å²) in [4.78, 5) is 6.51. The molecule has 0 saturated heterocycles. The van der Waals surface area contributed by atoms with Crippen molar-refractivity contribution >= 4 is 29.9 Å². The van der Waals surface area contributed by atoms with Crippen LogP contribution >= 0.6 is 24.0 Å². The molecule has 2 heterocycles. The number of nitrogens with one attached hydrogen (secondary N) is 1. The van der Waals surface area contributed by atoms with Crippen molar-refractivity contribution in [2.45, 2.75) is 37.6 Å². The van der Waals surface area contributed by atoms with Crippen molar-refractivity contribution in [2.75, 3.05) is 33.9 Å². The van der Waals surface area contributed by atoms with E-state index >= 15 is 0 Å². The average molecular weight is 512 g/mol. The maximum atomic E-state index is 5.82. The molecule has 29 heavy (non-hydrogen) atoms. The van der Waals surface area contributed by atoms with Crippen LogP contribution in [0.3, 0.4) is 0 Å². The van der Waals surface area contributed by atoms with Crippen LogP contribution in [0.1, 0.15) is 36.9 Å². The van der Waals surface area contributed by atoms with Crippen molar-refractivity contribution in [3.8, 4) is 11.5 Å². The van der Waals surface area contributed by atoms with Gasteiger partial charge in [-0.25, -0.2) is 0 Å². The number of aromatic nitrogens is 1. The van der Waals surface area contributed by atoms with Crippen LogP contribution in [0.15, 0.2) is 40.0 Å². The summed E-state index contributed by atoms with van der Waals surface area (Å²) in [5.74, 6) is 2.56. The molecule has 1 aromatic heterocycles. The number of benzene rings is 1. The smallest absolute Gasteiger partial charge is 0.193 e. The van der Waals surface area contributed by atoms with Crippen LogP contribution in [-0.2, 0) is 12.0 Å². The van der Waals surface area contributed by atoms with Crippen LogP contribution < -0.4 is 14.8 Å². The normalized spacial score (nSPS) is 17.5. The topological polar surface area (TPSA) is 72.1 Å². The third kappa shape index (κ3) is 4.79. The van der Waals surface area contributed by atoms with Gasteiger partial charge in [0.15, 0.2) is 17.5 Å². The first kappa shape index (κ1) is 21.7. The molecule has 0 amide bonds. The zero-order valence-corrected chi connectivity index (χ0v) is 19.3. The van der Waals surface area contributed by atoms with E-state index in [0.717, 1.165) is 42.5 Å². The number of rotatable bonds is 5. The average Bonchev–Trinajstić information content (AvgIpc) is 3.41. The molecule has 2 aromatic rings. The summed E-state index contributed by atoms with van der Waals surface area (Å²) in [5, 5.41) is 7.58. The Morgan fingerprint density at radius 3 is 2.62 bits per heavy atom. The number of hydrogen-bond acceptors (Lipinski definition) is 5. The number of guanidine groups is 1. The Labute approximate surface area is 188 Å². The van der Waals surface area contributed by atoms with Crippen LogP contribution in [0.4, 0.5) is 0 Å². The molecular weight excluding hydrogens is 483 g/mol. The Morgan fingerprint density at radius 1 is 1.17 bits per heavy atom. The SMILES string of the molecule is CN=C(NCC1(c2ccc3c(c2)OCCO3)CCCC1)N(C)Cc1ccon1.I. The Hall–Kier alpha value is -1.97. The quantitative estimate of drug-likeness (QED) is 0.375. The number of hydrogen-bond donors (Lipinski definition) is 1. The van der Waals surface area contributed by atoms with E-state index in [9.17, 15) is 0 Å². The minimum atomic E-state index is 0. The molecule has 1 aliphatic carbocycles. The third-order valence-corrected chi connectivity index (χ3v) is 5.76. The second-order valence-corrected chi connectivity index (χ2v) is 7.59. The lowest BCUT2D eigenvalue weighted by Crippen LogP contribution is -2.45. The van der Waals surface area contributed by atoms with Crippen molar-refractivity contribution in [3.63, 3.8) is 0 Å². The zero-order chi connectivity index (χ0) is 19.4. The van der Waals surface area contributed by atoms with Crippen LogP contribution in [0, 0.1) is 0 Å². The Kier molecular flexibility index (Phi) is 7.26. The van der Waals surface area contributed by atoms with Crippen molar-refractivity contribution in [2.24, 2.45) is 4.99 Å². The number of fused-ring (bicyclic) bond motifs is 1. The molecular formula is C21H29IN4O3. The molecule has 1 aromatic carbocycles. The second kappa shape index (κ2) is 9.69. The molecule has 0 spiro atoms. The lowest BCUT2D eigenvalue weighted by molar-refractivity contribution is 0.171. The predicted octanol–water partition coefficient (Wildman–Crippen LogP) is 3.58. The van der Waals surface area contributed by atoms with Gasteiger partial charge in [0, 0.05) is 32.1 Å². The Balaban J connectivity index is 0.00000240. The molecule has 1 fully saturated rings. The molecule has 2 aliphatic rings. The highest BCUT2D eigenvalue weighted by molar-refractivity contribution is 14.0. The lowest BCUT2D eigenvalue weighted by atomic mass is 9.78. The summed E-state index contributed by atoms with van der Waals surface area (Å²) in [6.45, 7) is 2.71. The standard InChI is InChI=1S/C21H28N4O3.HI/c1-22-20(25(2)14-17-7-10-28-24-17)23-15-21(8-3-4-9-21)16-5-6-18-19(13-16)27-12-11-26-18;/h5-7,10,13H,3-4,8-9,11-12,14-15H2,1-2H3,(H,22,23);1H. The van der Waals surface area contributed by atoms with Gasteiger partial charge in [-0.15, -0.1) is 24.0 Å². The monoisotopic (exact) mass is 512 g/mol. The summed E-state index contributed by atoms with van der Waals surface area (Å²) < 4.78 is 16.4. The van der Waals surface area contributed by atoms with Gasteiger partial charge in [-0.1, -0.05) is 24.1 Å². The molecule has 0 bridgehead atoms. The number of ether oxygens (including phenoxy) is 2. The number of nitrogens with zero attached hydrogens (tertiary/aromatic N) is 3. The van der Waals surface area contributed by atoms with Gasteiger partial charge >= 0.3 is 0 Å². The van der Waals surface area contributed by atoms with E-state index in [-0.39, 0.29) is 29.4 Å². The summed E-state index contributed by atoms with van der Waals surface area (Å²) in [6.07, 6.45) is 6.38. The summed E-state index contributed by atoms with van der Waals surface area (Å²) in [5.41, 5.74) is 2.28. The van der Waals surface area contributed by atoms with Gasteiger partial charge in [0.05, 0.1) is 6.54 Å². The van der Waals surface area contributed by atoms with Crippen molar-refractivity contribution in [3.05, 3.63) is 41.8 Å². The molecule has 158 valence electrons. The Morgan fingerprint density at radius 2 is 1.93 bits per heavy atom. The highest BCUT2D eigenvalue weighted by atomic mass is 127. The minimum Gasteiger partial charge on any atom is -0.486 e. The van der Waals surface area contributed by atoms with Crippen molar-refractivity contribution in [1.82, 2.24) is 15.4 Å². The Bertz CT molecular complexity index is 819. The van der Waals surface area contributed by atoms with Gasteiger partial charge in [0.1, 0.15) is 25.2 Å². The summed E-state index contributed by atoms with van der Waals surface area (Å²) in [7, 11) is 3.82. The van der Waals surface area contributed by atoms with E-state index in [1.165, 1.54) is 18.4 Å². The first-order chi connectivity index (χ1) is 13.7. The minimum absolute atomic E-state index is 0. The first-order valence-corrected chi connectivity index (χ1v) is 9.91. The van der Waals surface area contributed by atoms with Crippen LogP contribution in [0.25, 0.3) is 0 Å². The van der Waals surface area contributed by atoms with Crippen molar-refractivity contribution < 1.29 is 14.0 Å². The summed E-state index contributed by atoms with van der Waals surface area (Å²) >= 11 is 0. The van der Waals surface area contributed by atoms with Crippen LogP contribution in [0.2, 0.25) is 0 Å². The van der Waals surface area contributed by atoms with Crippen molar-refractivity contribution in [1.29, 1.82) is 0 Å². The zero-order valence-electron chi connectivity index (χ0n) is 17.0. The fraction of sp³-hybridized carbons (Fsp3) is 0.524. The third-order valence-electron chi connectivity index (χ3n) is 5.76. The van der Waals surface area contributed by atoms with E-state index in [1.54, 1.807) is 6.26 Å². The van der Waals surface area contributed by atoms with Crippen LogP contribution in [0.5, 0.6) is 11.5 Å². The molecule has 1 N–H and O–H groups in total. The maximum Gasteiger partial charge on any atom is 0.193 e. The van der Waals surface area contributed by atoms with Gasteiger partial charge in [0.2, 0.25) is 0 Å². The van der Waals surface area contributed by atoms with E-state index < -0.39 is 0 Å². The van der Waals surface area contributed by atoms with Gasteiger partial charge in [-0.05, 0) is 30.5 Å².